The predicted octanol–water partition coefficient (Wildman–Crippen LogP) is 4.30. The first-order valence-electron chi connectivity index (χ1n) is 10.0. The molecule has 3 aromatic heterocycles. The van der Waals surface area contributed by atoms with E-state index in [4.69, 9.17) is 13.6 Å². The van der Waals surface area contributed by atoms with Gasteiger partial charge in [0.05, 0.1) is 25.4 Å². The number of hydrogen-bond acceptors (Lipinski definition) is 7. The zero-order valence-electron chi connectivity index (χ0n) is 17.3. The monoisotopic (exact) mass is 448 g/mol. The van der Waals surface area contributed by atoms with Gasteiger partial charge in [-0.1, -0.05) is 23.9 Å². The largest absolute Gasteiger partial charge is 0.497 e. The second kappa shape index (κ2) is 8.80. The molecule has 0 aliphatic rings. The predicted molar refractivity (Wildman–Crippen MR) is 121 cm³/mol. The number of ether oxygens (including phenoxy) is 1. The summed E-state index contributed by atoms with van der Waals surface area (Å²) in [6.45, 7) is 0.990. The zero-order valence-corrected chi connectivity index (χ0v) is 18.1. The van der Waals surface area contributed by atoms with Crippen LogP contribution in [-0.4, -0.2) is 32.2 Å². The van der Waals surface area contributed by atoms with E-state index in [-0.39, 0.29) is 5.76 Å². The van der Waals surface area contributed by atoms with Crippen molar-refractivity contribution in [3.63, 3.8) is 0 Å². The number of benzene rings is 2. The standard InChI is InChI=1S/C23H20N4O4S/c1-29-17-10-8-16(9-11-17)21-24-25-22(27(21)15-18-5-4-13-30-18)32-14-12-26-19-6-2-3-7-20(19)31-23(26)28/h2-11,13H,12,14-15H2,1H3. The number of oxazole rings is 1. The third-order valence-corrected chi connectivity index (χ3v) is 6.03. The van der Waals surface area contributed by atoms with Crippen LogP contribution in [0.5, 0.6) is 5.75 Å². The molecule has 0 unspecified atom stereocenters. The van der Waals surface area contributed by atoms with Crippen molar-refractivity contribution < 1.29 is 13.6 Å². The fraction of sp³-hybridized carbons (Fsp3) is 0.174. The molecule has 0 spiro atoms. The topological polar surface area (TPSA) is 88.2 Å². The van der Waals surface area contributed by atoms with Crippen molar-refractivity contribution >= 4 is 22.9 Å². The Morgan fingerprint density at radius 3 is 2.62 bits per heavy atom. The molecule has 0 saturated heterocycles. The maximum absolute atomic E-state index is 12.2. The average molecular weight is 449 g/mol. The molecule has 2 aromatic carbocycles. The second-order valence-electron chi connectivity index (χ2n) is 7.04. The Hall–Kier alpha value is -3.72. The fourth-order valence-corrected chi connectivity index (χ4v) is 4.37. The van der Waals surface area contributed by atoms with Crippen molar-refractivity contribution in [1.82, 2.24) is 19.3 Å². The summed E-state index contributed by atoms with van der Waals surface area (Å²) in [6.07, 6.45) is 1.65. The Morgan fingerprint density at radius 1 is 1.00 bits per heavy atom. The minimum atomic E-state index is -0.359. The molecule has 9 heteroatoms. The van der Waals surface area contributed by atoms with E-state index in [2.05, 4.69) is 10.2 Å². The lowest BCUT2D eigenvalue weighted by Crippen LogP contribution is -2.15. The van der Waals surface area contributed by atoms with E-state index in [1.165, 1.54) is 11.8 Å². The van der Waals surface area contributed by atoms with E-state index >= 15 is 0 Å². The third-order valence-electron chi connectivity index (χ3n) is 5.08. The summed E-state index contributed by atoms with van der Waals surface area (Å²) in [5, 5.41) is 9.58. The molecule has 162 valence electrons. The number of methoxy groups -OCH3 is 1. The Labute approximate surface area is 187 Å². The lowest BCUT2D eigenvalue weighted by Gasteiger charge is -2.09. The third kappa shape index (κ3) is 3.94. The van der Waals surface area contributed by atoms with Crippen LogP contribution in [0.15, 0.2) is 85.7 Å². The van der Waals surface area contributed by atoms with Gasteiger partial charge < -0.3 is 13.6 Å². The number of para-hydroxylation sites is 2. The summed E-state index contributed by atoms with van der Waals surface area (Å²) in [6, 6.07) is 18.9. The summed E-state index contributed by atoms with van der Waals surface area (Å²) in [5.74, 6) is 2.58. The first-order chi connectivity index (χ1) is 15.7. The number of aromatic nitrogens is 4. The maximum atomic E-state index is 12.2. The number of thioether (sulfide) groups is 1. The molecule has 0 atom stereocenters. The second-order valence-corrected chi connectivity index (χ2v) is 8.10. The molecule has 0 amide bonds. The van der Waals surface area contributed by atoms with Crippen molar-refractivity contribution in [2.75, 3.05) is 12.9 Å². The van der Waals surface area contributed by atoms with E-state index in [1.54, 1.807) is 24.0 Å². The van der Waals surface area contributed by atoms with Crippen molar-refractivity contribution in [3.8, 4) is 17.1 Å². The Morgan fingerprint density at radius 2 is 1.84 bits per heavy atom. The summed E-state index contributed by atoms with van der Waals surface area (Å²) in [4.78, 5) is 12.2. The molecular formula is C23H20N4O4S. The molecule has 0 bridgehead atoms. The fourth-order valence-electron chi connectivity index (χ4n) is 3.50. The van der Waals surface area contributed by atoms with Crippen LogP contribution in [0.3, 0.4) is 0 Å². The van der Waals surface area contributed by atoms with E-state index in [9.17, 15) is 4.79 Å². The van der Waals surface area contributed by atoms with Gasteiger partial charge in [0.15, 0.2) is 16.6 Å². The average Bonchev–Trinajstić information content (AvgIpc) is 3.54. The van der Waals surface area contributed by atoms with Crippen molar-refractivity contribution in [1.29, 1.82) is 0 Å². The number of rotatable bonds is 8. The van der Waals surface area contributed by atoms with Gasteiger partial charge in [-0.15, -0.1) is 10.2 Å². The number of hydrogen-bond donors (Lipinski definition) is 0. The highest BCUT2D eigenvalue weighted by molar-refractivity contribution is 7.99. The van der Waals surface area contributed by atoms with Gasteiger partial charge >= 0.3 is 5.76 Å². The molecule has 32 heavy (non-hydrogen) atoms. The normalized spacial score (nSPS) is 11.3. The first kappa shape index (κ1) is 20.2. The van der Waals surface area contributed by atoms with Crippen molar-refractivity contribution in [2.24, 2.45) is 0 Å². The summed E-state index contributed by atoms with van der Waals surface area (Å²) >= 11 is 1.53. The molecule has 8 nitrogen and oxygen atoms in total. The molecule has 5 rings (SSSR count). The number of nitrogens with zero attached hydrogens (tertiary/aromatic N) is 4. The molecule has 0 radical (unpaired) electrons. The van der Waals surface area contributed by atoms with Gasteiger partial charge in [-0.05, 0) is 48.5 Å². The van der Waals surface area contributed by atoms with Crippen LogP contribution in [0.1, 0.15) is 5.76 Å². The number of furan rings is 1. The van der Waals surface area contributed by atoms with Gasteiger partial charge in [0, 0.05) is 17.9 Å². The molecule has 5 aromatic rings. The van der Waals surface area contributed by atoms with Crippen LogP contribution in [0.25, 0.3) is 22.5 Å². The summed E-state index contributed by atoms with van der Waals surface area (Å²) < 4.78 is 19.8. The van der Waals surface area contributed by atoms with Gasteiger partial charge in [0.1, 0.15) is 11.5 Å². The molecule has 3 heterocycles. The van der Waals surface area contributed by atoms with Crippen molar-refractivity contribution in [2.45, 2.75) is 18.2 Å². The lowest BCUT2D eigenvalue weighted by atomic mass is 10.2. The van der Waals surface area contributed by atoms with Gasteiger partial charge in [0.2, 0.25) is 0 Å². The van der Waals surface area contributed by atoms with Gasteiger partial charge in [-0.3, -0.25) is 9.13 Å². The Kier molecular flexibility index (Phi) is 5.55. The van der Waals surface area contributed by atoms with E-state index in [0.717, 1.165) is 33.6 Å². The van der Waals surface area contributed by atoms with E-state index < -0.39 is 0 Å². The minimum absolute atomic E-state index is 0.359. The smallest absolute Gasteiger partial charge is 0.419 e. The summed E-state index contributed by atoms with van der Waals surface area (Å²) in [5.41, 5.74) is 2.30. The highest BCUT2D eigenvalue weighted by Crippen LogP contribution is 2.27. The number of aryl methyl sites for hydroxylation is 1. The highest BCUT2D eigenvalue weighted by atomic mass is 32.2. The Bertz CT molecular complexity index is 1380. The summed E-state index contributed by atoms with van der Waals surface area (Å²) in [7, 11) is 1.64. The first-order valence-corrected chi connectivity index (χ1v) is 11.0. The molecular weight excluding hydrogens is 428 g/mol. The van der Waals surface area contributed by atoms with Crippen LogP contribution in [0, 0.1) is 0 Å². The number of fused-ring (bicyclic) bond motifs is 1. The van der Waals surface area contributed by atoms with Gasteiger partial charge in [-0.25, -0.2) is 4.79 Å². The van der Waals surface area contributed by atoms with Crippen LogP contribution in [0.4, 0.5) is 0 Å². The van der Waals surface area contributed by atoms with Crippen LogP contribution < -0.4 is 10.5 Å². The molecule has 0 saturated carbocycles. The minimum Gasteiger partial charge on any atom is -0.497 e. The van der Waals surface area contributed by atoms with Gasteiger partial charge in [0.25, 0.3) is 0 Å². The van der Waals surface area contributed by atoms with Crippen LogP contribution >= 0.6 is 11.8 Å². The van der Waals surface area contributed by atoms with E-state index in [0.29, 0.717) is 24.4 Å². The molecule has 0 fully saturated rings. The lowest BCUT2D eigenvalue weighted by molar-refractivity contribution is 0.415. The SMILES string of the molecule is COc1ccc(-c2nnc(SCCn3c(=O)oc4ccccc43)n2Cc2ccco2)cc1. The molecule has 0 N–H and O–H groups in total. The highest BCUT2D eigenvalue weighted by Gasteiger charge is 2.17. The molecule has 0 aliphatic carbocycles. The van der Waals surface area contributed by atoms with Gasteiger partial charge in [-0.2, -0.15) is 0 Å². The maximum Gasteiger partial charge on any atom is 0.419 e. The van der Waals surface area contributed by atoms with Crippen LogP contribution in [0.2, 0.25) is 0 Å². The van der Waals surface area contributed by atoms with Crippen LogP contribution in [-0.2, 0) is 13.1 Å². The molecule has 0 aliphatic heterocycles. The zero-order chi connectivity index (χ0) is 21.9. The quantitative estimate of drug-likeness (QED) is 0.327. The van der Waals surface area contributed by atoms with Crippen molar-refractivity contribution in [3.05, 3.63) is 83.2 Å². The Balaban J connectivity index is 1.40. The van der Waals surface area contributed by atoms with E-state index in [1.807, 2.05) is 59.2 Å².